The summed E-state index contributed by atoms with van der Waals surface area (Å²) in [5, 5.41) is 21.9. The summed E-state index contributed by atoms with van der Waals surface area (Å²) in [6.07, 6.45) is 0. The van der Waals surface area contributed by atoms with Gasteiger partial charge in [0.15, 0.2) is 0 Å². The number of fused-ring (bicyclic) bond motifs is 3. The highest BCUT2D eigenvalue weighted by Crippen LogP contribution is 2.42. The molecule has 0 aliphatic heterocycles. The van der Waals surface area contributed by atoms with Gasteiger partial charge in [-0.1, -0.05) is 80.6 Å². The van der Waals surface area contributed by atoms with Crippen molar-refractivity contribution in [1.29, 1.82) is 5.26 Å². The molecule has 6 heteroatoms. The minimum atomic E-state index is -0.407. The van der Waals surface area contributed by atoms with Crippen molar-refractivity contribution in [2.24, 2.45) is 0 Å². The van der Waals surface area contributed by atoms with Crippen LogP contribution < -0.4 is 0 Å². The first-order valence-electron chi connectivity index (χ1n) is 12.9. The molecule has 0 bridgehead atoms. The van der Waals surface area contributed by atoms with E-state index in [1.165, 1.54) is 17.7 Å². The van der Waals surface area contributed by atoms with Gasteiger partial charge in [-0.05, 0) is 46.9 Å². The largest absolute Gasteiger partial charge is 0.321 e. The molecule has 0 unspecified atom stereocenters. The number of benzene rings is 4. The van der Waals surface area contributed by atoms with Crippen molar-refractivity contribution in [3.05, 3.63) is 130 Å². The summed E-state index contributed by atoms with van der Waals surface area (Å²) in [5.74, 6) is 0.392. The zero-order chi connectivity index (χ0) is 27.1. The van der Waals surface area contributed by atoms with E-state index in [1.54, 1.807) is 12.1 Å². The van der Waals surface area contributed by atoms with E-state index in [0.29, 0.717) is 18.0 Å². The molecule has 2 aromatic heterocycles. The van der Waals surface area contributed by atoms with E-state index in [1.807, 2.05) is 30.3 Å². The first-order chi connectivity index (χ1) is 19.0. The Hall–Kier alpha value is -5.15. The van der Waals surface area contributed by atoms with Crippen LogP contribution in [0.3, 0.4) is 0 Å². The average Bonchev–Trinajstić information content (AvgIpc) is 3.46. The summed E-state index contributed by atoms with van der Waals surface area (Å²) in [6.45, 7) is 4.96. The summed E-state index contributed by atoms with van der Waals surface area (Å²) < 4.78 is 4.41. The van der Waals surface area contributed by atoms with E-state index in [4.69, 9.17) is 0 Å². The van der Waals surface area contributed by atoms with Gasteiger partial charge in [0.05, 0.1) is 27.2 Å². The standard InChI is InChI=1S/C33H26N4O2/c1-22(2)24-12-14-25(15-13-24)31-28(20-34)32(26-16-18-27(19-17-26)37(38)39)36-30-11-7-6-10-29(30)35(33(31)36)21-23-8-4-3-5-9-23/h3-19,22H,21H2,1-2H3. The molecule has 2 heterocycles. The summed E-state index contributed by atoms with van der Waals surface area (Å²) >= 11 is 0. The van der Waals surface area contributed by atoms with Crippen molar-refractivity contribution in [3.63, 3.8) is 0 Å². The Morgan fingerprint density at radius 2 is 1.44 bits per heavy atom. The van der Waals surface area contributed by atoms with E-state index in [-0.39, 0.29) is 5.69 Å². The van der Waals surface area contributed by atoms with Crippen LogP contribution in [0.25, 0.3) is 39.1 Å². The van der Waals surface area contributed by atoms with Crippen molar-refractivity contribution in [1.82, 2.24) is 8.97 Å². The zero-order valence-corrected chi connectivity index (χ0v) is 21.7. The van der Waals surface area contributed by atoms with Gasteiger partial charge in [0.25, 0.3) is 5.69 Å². The van der Waals surface area contributed by atoms with Crippen LogP contribution in [0.4, 0.5) is 5.69 Å². The van der Waals surface area contributed by atoms with E-state index >= 15 is 0 Å². The van der Waals surface area contributed by atoms with Gasteiger partial charge in [0.1, 0.15) is 11.7 Å². The maximum Gasteiger partial charge on any atom is 0.269 e. The lowest BCUT2D eigenvalue weighted by Gasteiger charge is -2.10. The lowest BCUT2D eigenvalue weighted by atomic mass is 9.96. The molecule has 0 aliphatic carbocycles. The Balaban J connectivity index is 1.73. The predicted molar refractivity (Wildman–Crippen MR) is 155 cm³/mol. The Bertz CT molecular complexity index is 1870. The molecule has 190 valence electrons. The predicted octanol–water partition coefficient (Wildman–Crippen LogP) is 8.18. The average molecular weight is 511 g/mol. The molecular weight excluding hydrogens is 484 g/mol. The third-order valence-corrected chi connectivity index (χ3v) is 7.33. The Morgan fingerprint density at radius 1 is 0.821 bits per heavy atom. The van der Waals surface area contributed by atoms with Crippen molar-refractivity contribution in [3.8, 4) is 28.5 Å². The minimum absolute atomic E-state index is 0.0149. The van der Waals surface area contributed by atoms with E-state index in [2.05, 4.69) is 77.4 Å². The molecule has 0 aliphatic rings. The third kappa shape index (κ3) is 4.05. The molecule has 0 spiro atoms. The quantitative estimate of drug-likeness (QED) is 0.167. The van der Waals surface area contributed by atoms with Crippen molar-refractivity contribution in [2.75, 3.05) is 0 Å². The van der Waals surface area contributed by atoms with Gasteiger partial charge in [0, 0.05) is 29.8 Å². The van der Waals surface area contributed by atoms with Gasteiger partial charge in [-0.3, -0.25) is 14.5 Å². The molecule has 0 radical (unpaired) electrons. The number of nitro groups is 1. The highest BCUT2D eigenvalue weighted by atomic mass is 16.6. The summed E-state index contributed by atoms with van der Waals surface area (Å²) in [7, 11) is 0. The van der Waals surface area contributed by atoms with E-state index in [0.717, 1.165) is 44.6 Å². The molecule has 6 rings (SSSR count). The number of hydrogen-bond acceptors (Lipinski definition) is 3. The molecule has 0 saturated heterocycles. The summed E-state index contributed by atoms with van der Waals surface area (Å²) in [6, 6.07) is 35.9. The number of nitrogens with zero attached hydrogens (tertiary/aromatic N) is 4. The smallest absolute Gasteiger partial charge is 0.269 e. The normalized spacial score (nSPS) is 11.3. The van der Waals surface area contributed by atoms with Gasteiger partial charge in [-0.2, -0.15) is 5.26 Å². The molecule has 0 atom stereocenters. The molecule has 4 aromatic carbocycles. The number of non-ortho nitro benzene ring substituents is 1. The fourth-order valence-corrected chi connectivity index (χ4v) is 5.40. The van der Waals surface area contributed by atoms with Crippen LogP contribution in [-0.2, 0) is 6.54 Å². The Kier molecular flexibility index (Phi) is 5.97. The number of para-hydroxylation sites is 2. The minimum Gasteiger partial charge on any atom is -0.321 e. The summed E-state index contributed by atoms with van der Waals surface area (Å²) in [4.78, 5) is 10.9. The highest BCUT2D eigenvalue weighted by Gasteiger charge is 2.27. The molecule has 0 fully saturated rings. The van der Waals surface area contributed by atoms with Crippen molar-refractivity contribution >= 4 is 22.4 Å². The second-order valence-electron chi connectivity index (χ2n) is 10.0. The number of imidazole rings is 1. The van der Waals surface area contributed by atoms with Gasteiger partial charge in [0.2, 0.25) is 0 Å². The lowest BCUT2D eigenvalue weighted by Crippen LogP contribution is -2.00. The van der Waals surface area contributed by atoms with Gasteiger partial charge < -0.3 is 4.57 Å². The van der Waals surface area contributed by atoms with Crippen LogP contribution in [0.15, 0.2) is 103 Å². The molecule has 0 amide bonds. The number of nitro benzene ring substituents is 1. The maximum absolute atomic E-state index is 11.3. The highest BCUT2D eigenvalue weighted by molar-refractivity contribution is 5.98. The number of hydrogen-bond donors (Lipinski definition) is 0. The van der Waals surface area contributed by atoms with E-state index < -0.39 is 4.92 Å². The molecular formula is C33H26N4O2. The van der Waals surface area contributed by atoms with Crippen LogP contribution in [0, 0.1) is 21.4 Å². The first-order valence-corrected chi connectivity index (χ1v) is 12.9. The SMILES string of the molecule is CC(C)c1ccc(-c2c(C#N)c(-c3ccc([N+](=O)[O-])cc3)n3c4ccccc4n(Cc4ccccc4)c23)cc1. The fourth-order valence-electron chi connectivity index (χ4n) is 5.40. The van der Waals surface area contributed by atoms with Crippen molar-refractivity contribution < 1.29 is 4.92 Å². The summed E-state index contributed by atoms with van der Waals surface area (Å²) in [5.41, 5.74) is 9.17. The molecule has 0 N–H and O–H groups in total. The number of aromatic nitrogens is 2. The van der Waals surface area contributed by atoms with Crippen LogP contribution in [-0.4, -0.2) is 13.9 Å². The van der Waals surface area contributed by atoms with Gasteiger partial charge in [-0.15, -0.1) is 0 Å². The van der Waals surface area contributed by atoms with E-state index in [9.17, 15) is 15.4 Å². The lowest BCUT2D eigenvalue weighted by molar-refractivity contribution is -0.384. The number of rotatable bonds is 6. The molecule has 39 heavy (non-hydrogen) atoms. The fraction of sp³-hybridized carbons (Fsp3) is 0.121. The molecule has 6 aromatic rings. The third-order valence-electron chi connectivity index (χ3n) is 7.33. The van der Waals surface area contributed by atoms with Crippen molar-refractivity contribution in [2.45, 2.75) is 26.3 Å². The van der Waals surface area contributed by atoms with Crippen LogP contribution >= 0.6 is 0 Å². The van der Waals surface area contributed by atoms with Gasteiger partial charge >= 0.3 is 0 Å². The number of nitriles is 1. The molecule has 6 nitrogen and oxygen atoms in total. The second kappa shape index (κ2) is 9.62. The Labute approximate surface area is 226 Å². The first kappa shape index (κ1) is 24.2. The molecule has 0 saturated carbocycles. The Morgan fingerprint density at radius 3 is 2.05 bits per heavy atom. The zero-order valence-electron chi connectivity index (χ0n) is 21.7. The maximum atomic E-state index is 11.3. The monoisotopic (exact) mass is 510 g/mol. The van der Waals surface area contributed by atoms with Crippen LogP contribution in [0.5, 0.6) is 0 Å². The second-order valence-corrected chi connectivity index (χ2v) is 10.0. The van der Waals surface area contributed by atoms with Crippen LogP contribution in [0.1, 0.15) is 36.5 Å². The van der Waals surface area contributed by atoms with Gasteiger partial charge in [-0.25, -0.2) is 0 Å². The topological polar surface area (TPSA) is 76.3 Å². The van der Waals surface area contributed by atoms with Crippen LogP contribution in [0.2, 0.25) is 0 Å².